The van der Waals surface area contributed by atoms with Crippen molar-refractivity contribution in [3.8, 4) is 0 Å². The van der Waals surface area contributed by atoms with Crippen molar-refractivity contribution in [2.24, 2.45) is 0 Å². The van der Waals surface area contributed by atoms with Crippen LogP contribution in [0.3, 0.4) is 0 Å². The molecule has 0 unspecified atom stereocenters. The number of sulfonamides is 1. The molecule has 0 radical (unpaired) electrons. The Bertz CT molecular complexity index is 472. The van der Waals surface area contributed by atoms with Gasteiger partial charge < -0.3 is 5.11 Å². The van der Waals surface area contributed by atoms with Crippen LogP contribution in [0.2, 0.25) is 0 Å². The molecule has 2 heterocycles. The molecule has 0 saturated carbocycles. The molecule has 1 fully saturated rings. The van der Waals surface area contributed by atoms with Crippen molar-refractivity contribution >= 4 is 37.3 Å². The summed E-state index contributed by atoms with van der Waals surface area (Å²) in [5.41, 5.74) is -0.878. The van der Waals surface area contributed by atoms with Crippen LogP contribution in [0.4, 0.5) is 0 Å². The second-order valence-corrected chi connectivity index (χ2v) is 7.73. The highest BCUT2D eigenvalue weighted by Crippen LogP contribution is 2.34. The van der Waals surface area contributed by atoms with Crippen LogP contribution in [0.15, 0.2) is 20.1 Å². The van der Waals surface area contributed by atoms with Crippen molar-refractivity contribution in [1.29, 1.82) is 0 Å². The highest BCUT2D eigenvalue weighted by atomic mass is 79.9. The Kier molecular flexibility index (Phi) is 2.71. The molecule has 1 aromatic rings. The van der Waals surface area contributed by atoms with Crippen LogP contribution in [0.1, 0.15) is 6.92 Å². The summed E-state index contributed by atoms with van der Waals surface area (Å²) in [6, 6.07) is 1.70. The van der Waals surface area contributed by atoms with Gasteiger partial charge in [-0.3, -0.25) is 0 Å². The van der Waals surface area contributed by atoms with Gasteiger partial charge in [0.15, 0.2) is 0 Å². The normalized spacial score (nSPS) is 21.3. The molecule has 0 amide bonds. The molecule has 1 aliphatic heterocycles. The molecule has 15 heavy (non-hydrogen) atoms. The Morgan fingerprint density at radius 2 is 2.20 bits per heavy atom. The Morgan fingerprint density at radius 1 is 1.60 bits per heavy atom. The summed E-state index contributed by atoms with van der Waals surface area (Å²) >= 11 is 4.37. The van der Waals surface area contributed by atoms with Gasteiger partial charge in [-0.15, -0.1) is 11.3 Å². The van der Waals surface area contributed by atoms with Gasteiger partial charge in [0, 0.05) is 17.6 Å². The van der Waals surface area contributed by atoms with Crippen LogP contribution < -0.4 is 0 Å². The Hall–Kier alpha value is 0.0500. The number of hydrogen-bond donors (Lipinski definition) is 1. The van der Waals surface area contributed by atoms with Gasteiger partial charge in [-0.25, -0.2) is 8.42 Å². The third kappa shape index (κ3) is 1.99. The molecule has 1 N–H and O–H groups in total. The highest BCUT2D eigenvalue weighted by Gasteiger charge is 2.44. The van der Waals surface area contributed by atoms with Crippen LogP contribution in [-0.4, -0.2) is 36.5 Å². The molecule has 0 spiro atoms. The summed E-state index contributed by atoms with van der Waals surface area (Å²) in [6.45, 7) is 1.96. The molecule has 1 saturated heterocycles. The van der Waals surface area contributed by atoms with Gasteiger partial charge in [-0.2, -0.15) is 4.31 Å². The standard InChI is InChI=1S/C8H10BrNO3S2/c1-8(11)4-10(5-8)15(12,13)7-6(9)2-3-14-7/h2-3,11H,4-5H2,1H3. The molecular weight excluding hydrogens is 302 g/mol. The van der Waals surface area contributed by atoms with E-state index < -0.39 is 15.6 Å². The molecule has 7 heteroatoms. The third-order valence-corrected chi connectivity index (χ3v) is 6.63. The summed E-state index contributed by atoms with van der Waals surface area (Å²) in [5, 5.41) is 11.2. The molecule has 0 atom stereocenters. The largest absolute Gasteiger partial charge is 0.387 e. The first-order chi connectivity index (χ1) is 6.83. The lowest BCUT2D eigenvalue weighted by molar-refractivity contribution is -0.0425. The first-order valence-corrected chi connectivity index (χ1v) is 7.40. The van der Waals surface area contributed by atoms with E-state index in [2.05, 4.69) is 15.9 Å². The minimum Gasteiger partial charge on any atom is -0.387 e. The molecule has 1 aromatic heterocycles. The van der Waals surface area contributed by atoms with Gasteiger partial charge in [0.1, 0.15) is 4.21 Å². The summed E-state index contributed by atoms with van der Waals surface area (Å²) in [4.78, 5) is 0. The molecule has 0 aliphatic carbocycles. The van der Waals surface area contributed by atoms with E-state index in [1.54, 1.807) is 18.4 Å². The Labute approximate surface area is 101 Å². The Balaban J connectivity index is 2.27. The predicted octanol–water partition coefficient (Wildman–Crippen LogP) is 1.27. The number of thiophene rings is 1. The van der Waals surface area contributed by atoms with Gasteiger partial charge in [0.05, 0.1) is 5.60 Å². The fourth-order valence-electron chi connectivity index (χ4n) is 1.46. The second kappa shape index (κ2) is 3.53. The van der Waals surface area contributed by atoms with Crippen molar-refractivity contribution in [3.63, 3.8) is 0 Å². The number of halogens is 1. The van der Waals surface area contributed by atoms with E-state index in [1.165, 1.54) is 15.6 Å². The minimum absolute atomic E-state index is 0.166. The van der Waals surface area contributed by atoms with Gasteiger partial charge in [0.2, 0.25) is 0 Å². The maximum absolute atomic E-state index is 12.0. The lowest BCUT2D eigenvalue weighted by atomic mass is 10.0. The Morgan fingerprint density at radius 3 is 2.60 bits per heavy atom. The maximum Gasteiger partial charge on any atom is 0.253 e. The molecule has 4 nitrogen and oxygen atoms in total. The summed E-state index contributed by atoms with van der Waals surface area (Å²) < 4.78 is 26.1. The molecular formula is C8H10BrNO3S2. The van der Waals surface area contributed by atoms with E-state index >= 15 is 0 Å². The average molecular weight is 312 g/mol. The van der Waals surface area contributed by atoms with Crippen LogP contribution in [0.25, 0.3) is 0 Å². The van der Waals surface area contributed by atoms with Gasteiger partial charge in [0.25, 0.3) is 10.0 Å². The first kappa shape index (κ1) is 11.5. The smallest absolute Gasteiger partial charge is 0.253 e. The van der Waals surface area contributed by atoms with Gasteiger partial charge >= 0.3 is 0 Å². The predicted molar refractivity (Wildman–Crippen MR) is 61.4 cm³/mol. The lowest BCUT2D eigenvalue weighted by Gasteiger charge is -2.42. The highest BCUT2D eigenvalue weighted by molar-refractivity contribution is 9.10. The van der Waals surface area contributed by atoms with Crippen molar-refractivity contribution in [1.82, 2.24) is 4.31 Å². The zero-order valence-corrected chi connectivity index (χ0v) is 11.2. The molecule has 1 aliphatic rings. The topological polar surface area (TPSA) is 57.6 Å². The van der Waals surface area contributed by atoms with Gasteiger partial charge in [-0.05, 0) is 34.3 Å². The summed E-state index contributed by atoms with van der Waals surface area (Å²) in [5.74, 6) is 0. The van der Waals surface area contributed by atoms with Gasteiger partial charge in [-0.1, -0.05) is 0 Å². The van der Waals surface area contributed by atoms with Crippen molar-refractivity contribution < 1.29 is 13.5 Å². The quantitative estimate of drug-likeness (QED) is 0.894. The monoisotopic (exact) mass is 311 g/mol. The van der Waals surface area contributed by atoms with E-state index in [-0.39, 0.29) is 13.1 Å². The fourth-order valence-corrected chi connectivity index (χ4v) is 5.59. The van der Waals surface area contributed by atoms with E-state index in [0.29, 0.717) is 8.68 Å². The molecule has 0 bridgehead atoms. The van der Waals surface area contributed by atoms with Crippen molar-refractivity contribution in [3.05, 3.63) is 15.9 Å². The number of hydrogen-bond acceptors (Lipinski definition) is 4. The summed E-state index contributed by atoms with van der Waals surface area (Å²) in [6.07, 6.45) is 0. The van der Waals surface area contributed by atoms with Crippen LogP contribution >= 0.6 is 27.3 Å². The third-order valence-electron chi connectivity index (χ3n) is 2.19. The average Bonchev–Trinajstić information content (AvgIpc) is 2.47. The molecule has 84 valence electrons. The second-order valence-electron chi connectivity index (χ2n) is 3.83. The zero-order chi connectivity index (χ0) is 11.3. The van der Waals surface area contributed by atoms with Crippen molar-refractivity contribution in [2.75, 3.05) is 13.1 Å². The fraction of sp³-hybridized carbons (Fsp3) is 0.500. The minimum atomic E-state index is -3.42. The van der Waals surface area contributed by atoms with Crippen molar-refractivity contribution in [2.45, 2.75) is 16.7 Å². The number of nitrogens with zero attached hydrogens (tertiary/aromatic N) is 1. The number of aliphatic hydroxyl groups is 1. The summed E-state index contributed by atoms with van der Waals surface area (Å²) in [7, 11) is -3.42. The SMILES string of the molecule is CC1(O)CN(S(=O)(=O)c2sccc2Br)C1. The first-order valence-electron chi connectivity index (χ1n) is 4.28. The zero-order valence-electron chi connectivity index (χ0n) is 7.97. The molecule has 2 rings (SSSR count). The van der Waals surface area contributed by atoms with E-state index in [9.17, 15) is 13.5 Å². The number of β-amino-alcohol motifs (C(OH)–C–C–N with tert-alkyl or cyclic N) is 1. The molecule has 0 aromatic carbocycles. The lowest BCUT2D eigenvalue weighted by Crippen LogP contribution is -2.61. The van der Waals surface area contributed by atoms with E-state index in [4.69, 9.17) is 0 Å². The van der Waals surface area contributed by atoms with Crippen LogP contribution in [0.5, 0.6) is 0 Å². The van der Waals surface area contributed by atoms with E-state index in [0.717, 1.165) is 0 Å². The maximum atomic E-state index is 12.0. The van der Waals surface area contributed by atoms with E-state index in [1.807, 2.05) is 0 Å². The number of rotatable bonds is 2. The van der Waals surface area contributed by atoms with Crippen LogP contribution in [0, 0.1) is 0 Å². The van der Waals surface area contributed by atoms with Crippen LogP contribution in [-0.2, 0) is 10.0 Å².